The minimum atomic E-state index is -1.74. The first-order valence-corrected chi connectivity index (χ1v) is 4.92. The third-order valence-electron chi connectivity index (χ3n) is 2.17. The van der Waals surface area contributed by atoms with E-state index in [1.54, 1.807) is 30.3 Å². The molecule has 2 nitrogen and oxygen atoms in total. The molecule has 4 heteroatoms. The fraction of sp³-hybridized carbons (Fsp3) is 0.250. The highest BCUT2D eigenvalue weighted by atomic mass is 19.3. The highest BCUT2D eigenvalue weighted by molar-refractivity contribution is 5.69. The molecule has 0 saturated heterocycles. The van der Waals surface area contributed by atoms with Crippen molar-refractivity contribution in [2.24, 2.45) is 0 Å². The highest BCUT2D eigenvalue weighted by Gasteiger charge is 2.09. The average molecular weight is 226 g/mol. The minimum Gasteiger partial charge on any atom is -0.481 e. The lowest BCUT2D eigenvalue weighted by Crippen LogP contribution is -1.95. The van der Waals surface area contributed by atoms with Gasteiger partial charge in [0.2, 0.25) is 0 Å². The Labute approximate surface area is 92.2 Å². The summed E-state index contributed by atoms with van der Waals surface area (Å²) < 4.78 is 25.3. The second-order valence-corrected chi connectivity index (χ2v) is 3.35. The molecule has 0 aliphatic carbocycles. The topological polar surface area (TPSA) is 37.3 Å². The number of halogens is 2. The van der Waals surface area contributed by atoms with Gasteiger partial charge >= 0.3 is 5.97 Å². The largest absolute Gasteiger partial charge is 0.481 e. The summed E-state index contributed by atoms with van der Waals surface area (Å²) in [6.07, 6.45) is -1.53. The van der Waals surface area contributed by atoms with Gasteiger partial charge in [0.15, 0.2) is 0 Å². The Morgan fingerprint density at radius 1 is 1.12 bits per heavy atom. The summed E-state index contributed by atoms with van der Waals surface area (Å²) in [5.74, 6) is -0.966. The van der Waals surface area contributed by atoms with Gasteiger partial charge < -0.3 is 5.11 Å². The van der Waals surface area contributed by atoms with E-state index in [0.29, 0.717) is 5.56 Å². The number of carbonyl (C=O) groups is 1. The van der Waals surface area contributed by atoms with Crippen LogP contribution in [-0.2, 0) is 4.79 Å². The fourth-order valence-electron chi connectivity index (χ4n) is 1.40. The summed E-state index contributed by atoms with van der Waals surface area (Å²) >= 11 is 0. The Bertz CT molecular complexity index is 381. The number of carboxylic acid groups (broad SMARTS) is 1. The standard InChI is InChI=1S/C12H12F2O2/c13-12(14)10(7-4-8-11(15)16)9-5-2-1-3-6-9/h1-3,5-6H,4,7-8H2,(H,15,16). The van der Waals surface area contributed by atoms with E-state index in [2.05, 4.69) is 0 Å². The van der Waals surface area contributed by atoms with Gasteiger partial charge in [0, 0.05) is 12.0 Å². The van der Waals surface area contributed by atoms with E-state index in [1.807, 2.05) is 0 Å². The third-order valence-corrected chi connectivity index (χ3v) is 2.17. The van der Waals surface area contributed by atoms with Crippen molar-refractivity contribution in [3.05, 3.63) is 42.0 Å². The lowest BCUT2D eigenvalue weighted by atomic mass is 10.0. The molecule has 0 aliphatic heterocycles. The average Bonchev–Trinajstić information content (AvgIpc) is 2.25. The number of hydrogen-bond acceptors (Lipinski definition) is 1. The van der Waals surface area contributed by atoms with E-state index >= 15 is 0 Å². The Morgan fingerprint density at radius 2 is 1.75 bits per heavy atom. The van der Waals surface area contributed by atoms with Gasteiger partial charge in [-0.15, -0.1) is 0 Å². The molecule has 0 aromatic heterocycles. The van der Waals surface area contributed by atoms with Crippen LogP contribution in [0.2, 0.25) is 0 Å². The zero-order valence-corrected chi connectivity index (χ0v) is 8.62. The maximum absolute atomic E-state index is 12.6. The van der Waals surface area contributed by atoms with Crippen molar-refractivity contribution in [3.63, 3.8) is 0 Å². The van der Waals surface area contributed by atoms with Crippen molar-refractivity contribution in [2.45, 2.75) is 19.3 Å². The summed E-state index contributed by atoms with van der Waals surface area (Å²) in [5, 5.41) is 8.43. The quantitative estimate of drug-likeness (QED) is 0.833. The predicted molar refractivity (Wildman–Crippen MR) is 57.1 cm³/mol. The molecular formula is C12H12F2O2. The van der Waals surface area contributed by atoms with Gasteiger partial charge in [0.1, 0.15) is 0 Å². The molecule has 16 heavy (non-hydrogen) atoms. The molecule has 0 bridgehead atoms. The van der Waals surface area contributed by atoms with Crippen LogP contribution in [0, 0.1) is 0 Å². The van der Waals surface area contributed by atoms with Crippen molar-refractivity contribution in [1.82, 2.24) is 0 Å². The van der Waals surface area contributed by atoms with E-state index in [1.165, 1.54) is 0 Å². The Hall–Kier alpha value is -1.71. The smallest absolute Gasteiger partial charge is 0.303 e. The summed E-state index contributed by atoms with van der Waals surface area (Å²) in [6.45, 7) is 0. The van der Waals surface area contributed by atoms with Crippen LogP contribution in [0.15, 0.2) is 36.4 Å². The van der Waals surface area contributed by atoms with Crippen LogP contribution in [0.1, 0.15) is 24.8 Å². The minimum absolute atomic E-state index is 0.0677. The summed E-state index contributed by atoms with van der Waals surface area (Å²) in [7, 11) is 0. The van der Waals surface area contributed by atoms with Crippen molar-refractivity contribution in [2.75, 3.05) is 0 Å². The first-order chi connectivity index (χ1) is 7.61. The highest BCUT2D eigenvalue weighted by Crippen LogP contribution is 2.25. The van der Waals surface area contributed by atoms with Crippen molar-refractivity contribution in [1.29, 1.82) is 0 Å². The third kappa shape index (κ3) is 3.81. The zero-order valence-electron chi connectivity index (χ0n) is 8.62. The van der Waals surface area contributed by atoms with Crippen LogP contribution in [0.4, 0.5) is 8.78 Å². The van der Waals surface area contributed by atoms with Gasteiger partial charge in [-0.25, -0.2) is 0 Å². The molecule has 0 spiro atoms. The van der Waals surface area contributed by atoms with E-state index in [4.69, 9.17) is 5.11 Å². The molecule has 0 heterocycles. The van der Waals surface area contributed by atoms with Gasteiger partial charge in [-0.3, -0.25) is 4.79 Å². The lowest BCUT2D eigenvalue weighted by Gasteiger charge is -2.05. The number of aliphatic carboxylic acids is 1. The SMILES string of the molecule is O=C(O)CCCC(=C(F)F)c1ccccc1. The molecule has 0 atom stereocenters. The molecule has 1 N–H and O–H groups in total. The number of rotatable bonds is 5. The second kappa shape index (κ2) is 6.00. The molecule has 1 aromatic carbocycles. The predicted octanol–water partition coefficient (Wildman–Crippen LogP) is 3.55. The van der Waals surface area contributed by atoms with Gasteiger partial charge in [0.25, 0.3) is 6.08 Å². The first-order valence-electron chi connectivity index (χ1n) is 4.92. The number of carboxylic acids is 1. The first kappa shape index (κ1) is 12.4. The molecule has 0 amide bonds. The van der Waals surface area contributed by atoms with Crippen LogP contribution in [-0.4, -0.2) is 11.1 Å². The van der Waals surface area contributed by atoms with E-state index in [9.17, 15) is 13.6 Å². The molecule has 1 aromatic rings. The van der Waals surface area contributed by atoms with E-state index < -0.39 is 12.0 Å². The molecule has 0 saturated carbocycles. The van der Waals surface area contributed by atoms with Gasteiger partial charge in [-0.05, 0) is 18.4 Å². The van der Waals surface area contributed by atoms with Crippen LogP contribution < -0.4 is 0 Å². The van der Waals surface area contributed by atoms with E-state index in [-0.39, 0.29) is 24.8 Å². The van der Waals surface area contributed by atoms with Crippen LogP contribution >= 0.6 is 0 Å². The Kier molecular flexibility index (Phi) is 4.64. The van der Waals surface area contributed by atoms with Crippen molar-refractivity contribution >= 4 is 11.5 Å². The van der Waals surface area contributed by atoms with Crippen LogP contribution in [0.5, 0.6) is 0 Å². The molecule has 86 valence electrons. The van der Waals surface area contributed by atoms with Gasteiger partial charge in [-0.1, -0.05) is 30.3 Å². The molecule has 0 aliphatic rings. The summed E-state index contributed by atoms with van der Waals surface area (Å²) in [6, 6.07) is 8.28. The Morgan fingerprint density at radius 3 is 2.25 bits per heavy atom. The van der Waals surface area contributed by atoms with Gasteiger partial charge in [0.05, 0.1) is 0 Å². The maximum atomic E-state index is 12.6. The number of benzene rings is 1. The second-order valence-electron chi connectivity index (χ2n) is 3.35. The fourth-order valence-corrected chi connectivity index (χ4v) is 1.40. The molecule has 1 rings (SSSR count). The normalized spacial score (nSPS) is 9.88. The van der Waals surface area contributed by atoms with Crippen LogP contribution in [0.3, 0.4) is 0 Å². The lowest BCUT2D eigenvalue weighted by molar-refractivity contribution is -0.137. The molecule has 0 fully saturated rings. The summed E-state index contributed by atoms with van der Waals surface area (Å²) in [5.41, 5.74) is 0.384. The Balaban J connectivity index is 2.71. The monoisotopic (exact) mass is 226 g/mol. The number of allylic oxidation sites excluding steroid dienone is 1. The zero-order chi connectivity index (χ0) is 12.0. The molecule has 0 radical (unpaired) electrons. The molecule has 0 unspecified atom stereocenters. The van der Waals surface area contributed by atoms with E-state index in [0.717, 1.165) is 0 Å². The van der Waals surface area contributed by atoms with Crippen molar-refractivity contribution in [3.8, 4) is 0 Å². The number of hydrogen-bond donors (Lipinski definition) is 1. The maximum Gasteiger partial charge on any atom is 0.303 e. The molecular weight excluding hydrogens is 214 g/mol. The van der Waals surface area contributed by atoms with Gasteiger partial charge in [-0.2, -0.15) is 8.78 Å². The summed E-state index contributed by atoms with van der Waals surface area (Å²) in [4.78, 5) is 10.3. The van der Waals surface area contributed by atoms with Crippen molar-refractivity contribution < 1.29 is 18.7 Å². The van der Waals surface area contributed by atoms with Crippen LogP contribution in [0.25, 0.3) is 5.57 Å².